The number of amides is 1. The number of nitrogens with zero attached hydrogens (tertiary/aromatic N) is 1. The Hall–Kier alpha value is -1.28. The molecular formula is C14H17F3N2O2S. The molecular weight excluding hydrogens is 317 g/mol. The van der Waals surface area contributed by atoms with E-state index >= 15 is 0 Å². The van der Waals surface area contributed by atoms with Crippen LogP contribution in [0.15, 0.2) is 23.4 Å². The number of aliphatic hydroxyl groups is 1. The Labute approximate surface area is 130 Å². The van der Waals surface area contributed by atoms with Crippen molar-refractivity contribution in [2.75, 3.05) is 6.54 Å². The van der Waals surface area contributed by atoms with Gasteiger partial charge < -0.3 is 10.4 Å². The highest BCUT2D eigenvalue weighted by Gasteiger charge is 2.32. The number of thioether (sulfide) groups is 1. The van der Waals surface area contributed by atoms with Crippen molar-refractivity contribution in [1.82, 2.24) is 10.3 Å². The fraction of sp³-hybridized carbons (Fsp3) is 0.571. The van der Waals surface area contributed by atoms with Gasteiger partial charge in [-0.15, -0.1) is 0 Å². The molecule has 0 saturated heterocycles. The average Bonchev–Trinajstić information content (AvgIpc) is 2.97. The number of alkyl halides is 3. The molecule has 1 aliphatic rings. The molecule has 8 heteroatoms. The van der Waals surface area contributed by atoms with E-state index in [2.05, 4.69) is 10.3 Å². The number of carbonyl (C=O) groups excluding carboxylic acids is 1. The molecule has 22 heavy (non-hydrogen) atoms. The number of hydrogen-bond donors (Lipinski definition) is 2. The Kier molecular flexibility index (Phi) is 5.69. The molecule has 0 aliphatic heterocycles. The summed E-state index contributed by atoms with van der Waals surface area (Å²) >= 11 is -0.419. The highest BCUT2D eigenvalue weighted by atomic mass is 32.2. The molecule has 1 unspecified atom stereocenters. The van der Waals surface area contributed by atoms with E-state index in [1.807, 2.05) is 0 Å². The number of aliphatic hydroxyl groups excluding tert-OH is 1. The first-order chi connectivity index (χ1) is 10.4. The quantitative estimate of drug-likeness (QED) is 0.813. The predicted molar refractivity (Wildman–Crippen MR) is 76.4 cm³/mol. The van der Waals surface area contributed by atoms with Crippen molar-refractivity contribution in [2.45, 2.75) is 42.3 Å². The van der Waals surface area contributed by atoms with Crippen molar-refractivity contribution >= 4 is 17.7 Å². The number of carbonyl (C=O) groups is 1. The van der Waals surface area contributed by atoms with Crippen LogP contribution >= 0.6 is 11.8 Å². The van der Waals surface area contributed by atoms with Crippen LogP contribution in [-0.2, 0) is 0 Å². The minimum Gasteiger partial charge on any atom is -0.391 e. The Morgan fingerprint density at radius 2 is 2.14 bits per heavy atom. The van der Waals surface area contributed by atoms with E-state index < -0.39 is 29.3 Å². The summed E-state index contributed by atoms with van der Waals surface area (Å²) in [4.78, 5) is 15.6. The summed E-state index contributed by atoms with van der Waals surface area (Å²) < 4.78 is 37.4. The van der Waals surface area contributed by atoms with Crippen molar-refractivity contribution in [2.24, 2.45) is 5.92 Å². The van der Waals surface area contributed by atoms with Gasteiger partial charge in [-0.2, -0.15) is 13.2 Å². The first kappa shape index (κ1) is 17.1. The molecule has 4 nitrogen and oxygen atoms in total. The maximum Gasteiger partial charge on any atom is 0.447 e. The number of halogens is 3. The van der Waals surface area contributed by atoms with E-state index in [-0.39, 0.29) is 23.1 Å². The molecule has 0 spiro atoms. The smallest absolute Gasteiger partial charge is 0.391 e. The van der Waals surface area contributed by atoms with Gasteiger partial charge in [0, 0.05) is 24.5 Å². The van der Waals surface area contributed by atoms with Gasteiger partial charge in [-0.3, -0.25) is 4.79 Å². The van der Waals surface area contributed by atoms with E-state index in [4.69, 9.17) is 0 Å². The van der Waals surface area contributed by atoms with E-state index in [0.717, 1.165) is 25.7 Å². The first-order valence-electron chi connectivity index (χ1n) is 7.04. The number of aromatic nitrogens is 1. The Balaban J connectivity index is 1.97. The zero-order valence-corrected chi connectivity index (χ0v) is 12.6. The van der Waals surface area contributed by atoms with Gasteiger partial charge in [0.05, 0.1) is 11.7 Å². The number of pyridine rings is 1. The molecule has 1 aromatic heterocycles. The Bertz CT molecular complexity index is 519. The Morgan fingerprint density at radius 3 is 2.77 bits per heavy atom. The fourth-order valence-corrected chi connectivity index (χ4v) is 3.16. The summed E-state index contributed by atoms with van der Waals surface area (Å²) in [6.07, 6.45) is 4.49. The zero-order valence-electron chi connectivity index (χ0n) is 11.8. The summed E-state index contributed by atoms with van der Waals surface area (Å²) in [5.74, 6) is -0.505. The summed E-state index contributed by atoms with van der Waals surface area (Å²) in [5, 5.41) is 12.1. The average molecular weight is 334 g/mol. The second-order valence-corrected chi connectivity index (χ2v) is 6.28. The van der Waals surface area contributed by atoms with Gasteiger partial charge in [0.25, 0.3) is 5.91 Å². The summed E-state index contributed by atoms with van der Waals surface area (Å²) in [7, 11) is 0. The van der Waals surface area contributed by atoms with Crippen LogP contribution in [0.3, 0.4) is 0 Å². The molecule has 0 radical (unpaired) electrons. The standard InChI is InChI=1S/C14H17F3N2O2S/c15-14(16,17)22-13-10(6-3-7-18-13)12(21)19-8-11(20)9-4-1-2-5-9/h3,6-7,9,11,20H,1-2,4-5,8H2,(H,19,21). The molecule has 2 rings (SSSR count). The van der Waals surface area contributed by atoms with Crippen molar-refractivity contribution in [1.29, 1.82) is 0 Å². The molecule has 1 amide bonds. The highest BCUT2D eigenvalue weighted by Crippen LogP contribution is 2.37. The normalized spacial score (nSPS) is 17.5. The number of rotatable bonds is 5. The molecule has 1 aliphatic carbocycles. The monoisotopic (exact) mass is 334 g/mol. The van der Waals surface area contributed by atoms with Crippen molar-refractivity contribution in [3.63, 3.8) is 0 Å². The molecule has 2 N–H and O–H groups in total. The van der Waals surface area contributed by atoms with Crippen LogP contribution in [0.4, 0.5) is 13.2 Å². The third kappa shape index (κ3) is 4.88. The number of hydrogen-bond acceptors (Lipinski definition) is 4. The lowest BCUT2D eigenvalue weighted by molar-refractivity contribution is -0.0329. The first-order valence-corrected chi connectivity index (χ1v) is 7.85. The van der Waals surface area contributed by atoms with Crippen LogP contribution in [0.2, 0.25) is 0 Å². The lowest BCUT2D eigenvalue weighted by Gasteiger charge is -2.18. The maximum atomic E-state index is 12.5. The molecule has 122 valence electrons. The highest BCUT2D eigenvalue weighted by molar-refractivity contribution is 8.00. The minimum absolute atomic E-state index is 0.0362. The van der Waals surface area contributed by atoms with Crippen LogP contribution < -0.4 is 5.32 Å². The molecule has 1 fully saturated rings. The second-order valence-electron chi connectivity index (χ2n) is 5.23. The molecule has 1 atom stereocenters. The van der Waals surface area contributed by atoms with Gasteiger partial charge in [-0.1, -0.05) is 12.8 Å². The van der Waals surface area contributed by atoms with Gasteiger partial charge in [-0.25, -0.2) is 4.98 Å². The minimum atomic E-state index is -4.51. The molecule has 1 saturated carbocycles. The third-order valence-electron chi connectivity index (χ3n) is 3.64. The third-order valence-corrected chi connectivity index (χ3v) is 4.39. The van der Waals surface area contributed by atoms with Gasteiger partial charge in [0.15, 0.2) is 0 Å². The maximum absolute atomic E-state index is 12.5. The van der Waals surface area contributed by atoms with Gasteiger partial charge in [0.2, 0.25) is 0 Å². The fourth-order valence-electron chi connectivity index (χ4n) is 2.56. The van der Waals surface area contributed by atoms with E-state index in [0.29, 0.717) is 0 Å². The van der Waals surface area contributed by atoms with Gasteiger partial charge in [0.1, 0.15) is 5.03 Å². The van der Waals surface area contributed by atoms with E-state index in [1.54, 1.807) is 0 Å². The van der Waals surface area contributed by atoms with Crippen molar-refractivity contribution in [3.05, 3.63) is 23.9 Å². The van der Waals surface area contributed by atoms with Crippen molar-refractivity contribution in [3.8, 4) is 0 Å². The molecule has 0 bridgehead atoms. The number of nitrogens with one attached hydrogen (secondary N) is 1. The lowest BCUT2D eigenvalue weighted by atomic mass is 10.0. The Morgan fingerprint density at radius 1 is 1.45 bits per heavy atom. The molecule has 1 aromatic rings. The SMILES string of the molecule is O=C(NCC(O)C1CCCC1)c1cccnc1SC(F)(F)F. The topological polar surface area (TPSA) is 62.2 Å². The predicted octanol–water partition coefficient (Wildman–Crippen LogP) is 2.97. The summed E-state index contributed by atoms with van der Waals surface area (Å²) in [5.41, 5.74) is -4.64. The van der Waals surface area contributed by atoms with Gasteiger partial charge in [-0.05, 0) is 30.9 Å². The van der Waals surface area contributed by atoms with Crippen LogP contribution in [-0.4, -0.2) is 34.2 Å². The summed E-state index contributed by atoms with van der Waals surface area (Å²) in [6.45, 7) is 0.0362. The summed E-state index contributed by atoms with van der Waals surface area (Å²) in [6, 6.07) is 2.70. The lowest BCUT2D eigenvalue weighted by Crippen LogP contribution is -2.35. The van der Waals surface area contributed by atoms with Crippen molar-refractivity contribution < 1.29 is 23.1 Å². The van der Waals surface area contributed by atoms with Crippen LogP contribution in [0, 0.1) is 5.92 Å². The molecule has 0 aromatic carbocycles. The second kappa shape index (κ2) is 7.32. The van der Waals surface area contributed by atoms with E-state index in [1.165, 1.54) is 18.3 Å². The van der Waals surface area contributed by atoms with Crippen LogP contribution in [0.5, 0.6) is 0 Å². The van der Waals surface area contributed by atoms with Crippen LogP contribution in [0.1, 0.15) is 36.0 Å². The van der Waals surface area contributed by atoms with E-state index in [9.17, 15) is 23.1 Å². The molecule has 1 heterocycles. The zero-order chi connectivity index (χ0) is 16.2. The van der Waals surface area contributed by atoms with Gasteiger partial charge >= 0.3 is 5.51 Å². The van der Waals surface area contributed by atoms with Crippen LogP contribution in [0.25, 0.3) is 0 Å². The largest absolute Gasteiger partial charge is 0.447 e.